The van der Waals surface area contributed by atoms with Gasteiger partial charge >= 0.3 is 0 Å². The molecule has 1 N–H and O–H groups in total. The van der Waals surface area contributed by atoms with Crippen LogP contribution in [0.25, 0.3) is 16.1 Å². The molecule has 22 heavy (non-hydrogen) atoms. The van der Waals surface area contributed by atoms with E-state index >= 15 is 0 Å². The van der Waals surface area contributed by atoms with E-state index in [-0.39, 0.29) is 11.5 Å². The van der Waals surface area contributed by atoms with Crippen molar-refractivity contribution in [2.45, 2.75) is 0 Å². The first-order chi connectivity index (χ1) is 10.8. The van der Waals surface area contributed by atoms with Gasteiger partial charge < -0.3 is 9.51 Å². The Bertz CT molecular complexity index is 950. The maximum atomic E-state index is 12.9. The van der Waals surface area contributed by atoms with E-state index < -0.39 is 0 Å². The van der Waals surface area contributed by atoms with Gasteiger partial charge in [0.2, 0.25) is 5.78 Å². The highest BCUT2D eigenvalue weighted by Gasteiger charge is 2.26. The van der Waals surface area contributed by atoms with Crippen LogP contribution in [0.1, 0.15) is 15.2 Å². The summed E-state index contributed by atoms with van der Waals surface area (Å²) in [4.78, 5) is 14.4. The van der Waals surface area contributed by atoms with E-state index in [0.29, 0.717) is 16.0 Å². The van der Waals surface area contributed by atoms with Gasteiger partial charge in [-0.2, -0.15) is 0 Å². The minimum Gasteiger partial charge on any atom is -0.505 e. The van der Waals surface area contributed by atoms with E-state index in [0.717, 1.165) is 10.6 Å². The summed E-state index contributed by atoms with van der Waals surface area (Å²) in [6, 6.07) is 13.1. The van der Waals surface area contributed by atoms with Crippen LogP contribution in [-0.2, 0) is 0 Å². The summed E-state index contributed by atoms with van der Waals surface area (Å²) < 4.78 is 1.88. The molecule has 0 spiro atoms. The number of carbonyl (C=O) groups is 1. The summed E-state index contributed by atoms with van der Waals surface area (Å²) in [6.07, 6.45) is 1.87. The lowest BCUT2D eigenvalue weighted by Crippen LogP contribution is -2.00. The van der Waals surface area contributed by atoms with Crippen molar-refractivity contribution in [3.8, 4) is 16.3 Å². The van der Waals surface area contributed by atoms with E-state index in [1.165, 1.54) is 11.3 Å². The topological polar surface area (TPSA) is 41.7 Å². The van der Waals surface area contributed by atoms with E-state index in [2.05, 4.69) is 0 Å². The van der Waals surface area contributed by atoms with Crippen LogP contribution in [0.2, 0.25) is 0 Å². The largest absolute Gasteiger partial charge is 0.505 e. The van der Waals surface area contributed by atoms with Crippen molar-refractivity contribution in [3.05, 3.63) is 69.9 Å². The molecule has 0 fully saturated rings. The van der Waals surface area contributed by atoms with Crippen molar-refractivity contribution in [3.63, 3.8) is 0 Å². The summed E-state index contributed by atoms with van der Waals surface area (Å²) >= 11 is 2.94. The second-order valence-electron chi connectivity index (χ2n) is 4.81. The van der Waals surface area contributed by atoms with E-state index in [4.69, 9.17) is 0 Å². The van der Waals surface area contributed by atoms with Gasteiger partial charge in [0.1, 0.15) is 0 Å². The highest BCUT2D eigenvalue weighted by Crippen LogP contribution is 2.39. The molecule has 0 unspecified atom stereocenters. The molecular weight excluding hydrogens is 314 g/mol. The Morgan fingerprint density at radius 2 is 1.82 bits per heavy atom. The number of ketones is 1. The number of nitrogens with zero attached hydrogens (tertiary/aromatic N) is 1. The predicted molar refractivity (Wildman–Crippen MR) is 90.1 cm³/mol. The Kier molecular flexibility index (Phi) is 3.10. The first-order valence-corrected chi connectivity index (χ1v) is 8.47. The lowest BCUT2D eigenvalue weighted by Gasteiger charge is -2.03. The molecule has 3 nitrogen and oxygen atoms in total. The first kappa shape index (κ1) is 13.3. The van der Waals surface area contributed by atoms with Crippen LogP contribution in [0.5, 0.6) is 5.75 Å². The third kappa shape index (κ3) is 1.90. The number of thiophene rings is 2. The van der Waals surface area contributed by atoms with Crippen molar-refractivity contribution in [2.75, 3.05) is 0 Å². The zero-order valence-electron chi connectivity index (χ0n) is 11.4. The first-order valence-electron chi connectivity index (χ1n) is 6.71. The van der Waals surface area contributed by atoms with Gasteiger partial charge in [0.15, 0.2) is 5.75 Å². The van der Waals surface area contributed by atoms with Gasteiger partial charge in [-0.1, -0.05) is 18.2 Å². The van der Waals surface area contributed by atoms with Crippen molar-refractivity contribution < 1.29 is 9.90 Å². The molecule has 0 atom stereocenters. The molecule has 0 radical (unpaired) electrons. The maximum absolute atomic E-state index is 12.9. The molecule has 5 heteroatoms. The number of carbonyl (C=O) groups excluding carboxylic acids is 1. The second kappa shape index (κ2) is 5.12. The van der Waals surface area contributed by atoms with E-state index in [1.54, 1.807) is 17.4 Å². The molecule has 4 aromatic heterocycles. The minimum atomic E-state index is -0.139. The van der Waals surface area contributed by atoms with Gasteiger partial charge in [-0.25, -0.2) is 0 Å². The summed E-state index contributed by atoms with van der Waals surface area (Å²) in [5, 5.41) is 14.4. The zero-order valence-corrected chi connectivity index (χ0v) is 13.0. The number of hydrogen-bond donors (Lipinski definition) is 1. The predicted octanol–water partition coefficient (Wildman–Crippen LogP) is 4.67. The number of hydrogen-bond acceptors (Lipinski definition) is 4. The van der Waals surface area contributed by atoms with Crippen LogP contribution in [0.4, 0.5) is 0 Å². The fourth-order valence-electron chi connectivity index (χ4n) is 2.59. The summed E-state index contributed by atoms with van der Waals surface area (Å²) in [6.45, 7) is 0. The maximum Gasteiger partial charge on any atom is 0.208 e. The van der Waals surface area contributed by atoms with Crippen molar-refractivity contribution >= 4 is 34.0 Å². The van der Waals surface area contributed by atoms with Crippen molar-refractivity contribution in [2.24, 2.45) is 0 Å². The van der Waals surface area contributed by atoms with Crippen molar-refractivity contribution in [1.29, 1.82) is 0 Å². The number of aromatic hydroxyl groups is 1. The fraction of sp³-hybridized carbons (Fsp3) is 0. The molecule has 0 aliphatic carbocycles. The Labute approximate surface area is 134 Å². The molecule has 108 valence electrons. The minimum absolute atomic E-state index is 0.0439. The molecule has 0 aromatic carbocycles. The lowest BCUT2D eigenvalue weighted by molar-refractivity contribution is 0.104. The fourth-order valence-corrected chi connectivity index (χ4v) is 4.04. The van der Waals surface area contributed by atoms with Crippen LogP contribution < -0.4 is 0 Å². The van der Waals surface area contributed by atoms with Gasteiger partial charge in [-0.15, -0.1) is 22.7 Å². The molecule has 0 saturated carbocycles. The second-order valence-corrected chi connectivity index (χ2v) is 6.71. The molecule has 4 aromatic rings. The van der Waals surface area contributed by atoms with Crippen LogP contribution in [0.15, 0.2) is 59.4 Å². The Morgan fingerprint density at radius 3 is 2.55 bits per heavy atom. The SMILES string of the molecule is O=C(c1cccs1)c1c(O)c2ccccn2c1-c1cccs1. The Hall–Kier alpha value is -2.37. The average molecular weight is 325 g/mol. The molecular formula is C17H11NO2S2. The molecule has 0 amide bonds. The van der Waals surface area contributed by atoms with Gasteiger partial charge in [0.05, 0.1) is 26.5 Å². The molecule has 4 rings (SSSR count). The van der Waals surface area contributed by atoms with Crippen LogP contribution in [-0.4, -0.2) is 15.3 Å². The number of pyridine rings is 1. The molecule has 0 aliphatic heterocycles. The number of aromatic nitrogens is 1. The van der Waals surface area contributed by atoms with Crippen molar-refractivity contribution in [1.82, 2.24) is 4.40 Å². The van der Waals surface area contributed by atoms with Gasteiger partial charge in [-0.05, 0) is 35.0 Å². The highest BCUT2D eigenvalue weighted by atomic mass is 32.1. The number of fused-ring (bicyclic) bond motifs is 1. The molecule has 4 heterocycles. The third-order valence-corrected chi connectivity index (χ3v) is 5.29. The van der Waals surface area contributed by atoms with E-state index in [9.17, 15) is 9.90 Å². The summed E-state index contributed by atoms with van der Waals surface area (Å²) in [5.41, 5.74) is 1.77. The lowest BCUT2D eigenvalue weighted by atomic mass is 10.1. The zero-order chi connectivity index (χ0) is 15.1. The number of rotatable bonds is 3. The standard InChI is InChI=1S/C17H11NO2S2/c19-16-11-5-1-2-8-18(11)15(12-6-3-9-21-12)14(16)17(20)13-7-4-10-22-13/h1-10,19H. The summed E-state index contributed by atoms with van der Waals surface area (Å²) in [5.74, 6) is -0.0954. The normalized spacial score (nSPS) is 11.1. The van der Waals surface area contributed by atoms with Crippen LogP contribution in [0, 0.1) is 0 Å². The molecule has 0 aliphatic rings. The average Bonchev–Trinajstić information content (AvgIpc) is 3.27. The summed E-state index contributed by atoms with van der Waals surface area (Å²) in [7, 11) is 0. The Morgan fingerprint density at radius 1 is 1.00 bits per heavy atom. The van der Waals surface area contributed by atoms with Gasteiger partial charge in [0.25, 0.3) is 0 Å². The Balaban J connectivity index is 2.07. The molecule has 0 saturated heterocycles. The van der Waals surface area contributed by atoms with E-state index in [1.807, 2.05) is 57.8 Å². The quantitative estimate of drug-likeness (QED) is 0.556. The van der Waals surface area contributed by atoms with Crippen LogP contribution in [0.3, 0.4) is 0 Å². The van der Waals surface area contributed by atoms with Gasteiger partial charge in [0, 0.05) is 6.20 Å². The molecule has 0 bridgehead atoms. The highest BCUT2D eigenvalue weighted by molar-refractivity contribution is 7.13. The monoisotopic (exact) mass is 325 g/mol. The smallest absolute Gasteiger partial charge is 0.208 e. The van der Waals surface area contributed by atoms with Gasteiger partial charge in [-0.3, -0.25) is 4.79 Å². The van der Waals surface area contributed by atoms with Crippen LogP contribution >= 0.6 is 22.7 Å². The third-order valence-electron chi connectivity index (χ3n) is 3.54.